The van der Waals surface area contributed by atoms with E-state index in [1.807, 2.05) is 0 Å². The predicted molar refractivity (Wildman–Crippen MR) is 48.0 cm³/mol. The molecule has 0 heterocycles. The Labute approximate surface area is 66.0 Å². The molecule has 0 atom stereocenters. The van der Waals surface area contributed by atoms with E-state index in [2.05, 4.69) is 41.5 Å². The van der Waals surface area contributed by atoms with Gasteiger partial charge in [0.1, 0.15) is 0 Å². The Morgan fingerprint density at radius 1 is 0.500 bits per heavy atom. The van der Waals surface area contributed by atoms with Crippen molar-refractivity contribution < 1.29 is 0 Å². The van der Waals surface area contributed by atoms with Crippen LogP contribution in [0.4, 0.5) is 0 Å². The smallest absolute Gasteiger partial charge is 0.0345 e. The summed E-state index contributed by atoms with van der Waals surface area (Å²) >= 11 is 0. The standard InChI is InChI=1S/C10H22/c1-7(2)10(8(3)4)9(5)6/h7-10H,1-6H3. The molecule has 0 aliphatic carbocycles. The van der Waals surface area contributed by atoms with E-state index in [0.29, 0.717) is 0 Å². The van der Waals surface area contributed by atoms with Gasteiger partial charge in [-0.05, 0) is 23.7 Å². The van der Waals surface area contributed by atoms with Crippen molar-refractivity contribution in [1.29, 1.82) is 0 Å². The molecule has 10 heavy (non-hydrogen) atoms. The lowest BCUT2D eigenvalue weighted by Crippen LogP contribution is -2.21. The fourth-order valence-electron chi connectivity index (χ4n) is 2.31. The molecule has 0 heteroatoms. The highest BCUT2D eigenvalue weighted by Gasteiger charge is 2.20. The van der Waals surface area contributed by atoms with Crippen LogP contribution in [0, 0.1) is 23.7 Å². The van der Waals surface area contributed by atoms with Crippen LogP contribution in [-0.4, -0.2) is 0 Å². The molecule has 0 aliphatic rings. The summed E-state index contributed by atoms with van der Waals surface area (Å²) in [5.41, 5.74) is 0. The van der Waals surface area contributed by atoms with Crippen LogP contribution in [0.5, 0.6) is 0 Å². The second kappa shape index (κ2) is 4.00. The van der Waals surface area contributed by atoms with Crippen molar-refractivity contribution in [1.82, 2.24) is 0 Å². The van der Waals surface area contributed by atoms with Crippen LogP contribution in [0.15, 0.2) is 0 Å². The summed E-state index contributed by atoms with van der Waals surface area (Å²) < 4.78 is 0. The van der Waals surface area contributed by atoms with Gasteiger partial charge >= 0.3 is 0 Å². The average Bonchev–Trinajstić information content (AvgIpc) is 1.59. The average molecular weight is 142 g/mol. The minimum absolute atomic E-state index is 0.833. The van der Waals surface area contributed by atoms with Crippen LogP contribution in [-0.2, 0) is 0 Å². The summed E-state index contributed by atoms with van der Waals surface area (Å²) in [5.74, 6) is 3.39. The SMILES string of the molecule is CC(C)C(C(C)C)C(C)C. The number of hydrogen-bond donors (Lipinski definition) is 0. The normalized spacial score (nSPS) is 12.6. The lowest BCUT2D eigenvalue weighted by Gasteiger charge is -2.28. The van der Waals surface area contributed by atoms with Crippen LogP contribution >= 0.6 is 0 Å². The Bertz CT molecular complexity index is 61.0. The molecular formula is C10H22. The van der Waals surface area contributed by atoms with Gasteiger partial charge in [-0.1, -0.05) is 41.5 Å². The number of hydrogen-bond acceptors (Lipinski definition) is 0. The van der Waals surface area contributed by atoms with Gasteiger partial charge in [-0.15, -0.1) is 0 Å². The Kier molecular flexibility index (Phi) is 4.00. The molecule has 0 aliphatic heterocycles. The van der Waals surface area contributed by atoms with E-state index in [4.69, 9.17) is 0 Å². The first-order valence-corrected chi connectivity index (χ1v) is 4.46. The molecule has 0 saturated heterocycles. The molecule has 0 unspecified atom stereocenters. The van der Waals surface area contributed by atoms with Crippen LogP contribution in [0.2, 0.25) is 0 Å². The van der Waals surface area contributed by atoms with Crippen LogP contribution in [0.25, 0.3) is 0 Å². The van der Waals surface area contributed by atoms with Gasteiger partial charge < -0.3 is 0 Å². The second-order valence-corrected chi connectivity index (χ2v) is 4.31. The Balaban J connectivity index is 3.98. The van der Waals surface area contributed by atoms with E-state index < -0.39 is 0 Å². The molecule has 0 aromatic heterocycles. The molecule has 0 fully saturated rings. The van der Waals surface area contributed by atoms with Crippen molar-refractivity contribution in [3.8, 4) is 0 Å². The summed E-state index contributed by atoms with van der Waals surface area (Å²) in [6.07, 6.45) is 0. The second-order valence-electron chi connectivity index (χ2n) is 4.31. The van der Waals surface area contributed by atoms with E-state index in [9.17, 15) is 0 Å². The fraction of sp³-hybridized carbons (Fsp3) is 1.00. The minimum Gasteiger partial charge on any atom is -0.0625 e. The van der Waals surface area contributed by atoms with E-state index in [1.165, 1.54) is 0 Å². The molecule has 0 rings (SSSR count). The molecule has 0 aromatic rings. The maximum atomic E-state index is 2.32. The summed E-state index contributed by atoms with van der Waals surface area (Å²) in [7, 11) is 0. The maximum absolute atomic E-state index is 2.32. The van der Waals surface area contributed by atoms with Crippen molar-refractivity contribution in [2.75, 3.05) is 0 Å². The van der Waals surface area contributed by atoms with Gasteiger partial charge in [0.2, 0.25) is 0 Å². The molecule has 62 valence electrons. The van der Waals surface area contributed by atoms with Gasteiger partial charge in [-0.25, -0.2) is 0 Å². The zero-order valence-electron chi connectivity index (χ0n) is 8.31. The van der Waals surface area contributed by atoms with Crippen molar-refractivity contribution in [3.63, 3.8) is 0 Å². The molecule has 0 bridgehead atoms. The lowest BCUT2D eigenvalue weighted by molar-refractivity contribution is 0.212. The van der Waals surface area contributed by atoms with Gasteiger partial charge in [-0.2, -0.15) is 0 Å². The van der Waals surface area contributed by atoms with Gasteiger partial charge in [0.15, 0.2) is 0 Å². The van der Waals surface area contributed by atoms with Gasteiger partial charge in [0, 0.05) is 0 Å². The zero-order valence-corrected chi connectivity index (χ0v) is 8.31. The molecule has 0 radical (unpaired) electrons. The highest BCUT2D eigenvalue weighted by molar-refractivity contribution is 4.69. The zero-order chi connectivity index (χ0) is 8.31. The fourth-order valence-corrected chi connectivity index (χ4v) is 2.31. The van der Waals surface area contributed by atoms with Gasteiger partial charge in [0.25, 0.3) is 0 Å². The van der Waals surface area contributed by atoms with Gasteiger partial charge in [0.05, 0.1) is 0 Å². The summed E-state index contributed by atoms with van der Waals surface area (Å²) in [6, 6.07) is 0. The van der Waals surface area contributed by atoms with Crippen molar-refractivity contribution in [2.45, 2.75) is 41.5 Å². The largest absolute Gasteiger partial charge is 0.0625 e. The quantitative estimate of drug-likeness (QED) is 0.565. The first-order valence-electron chi connectivity index (χ1n) is 4.46. The predicted octanol–water partition coefficient (Wildman–Crippen LogP) is 3.57. The summed E-state index contributed by atoms with van der Waals surface area (Å²) in [4.78, 5) is 0. The summed E-state index contributed by atoms with van der Waals surface area (Å²) in [6.45, 7) is 13.9. The first-order chi connectivity index (χ1) is 4.46. The van der Waals surface area contributed by atoms with E-state index in [1.54, 1.807) is 0 Å². The molecule has 0 N–H and O–H groups in total. The Hall–Kier alpha value is 0. The molecule has 0 amide bonds. The molecule has 0 nitrogen and oxygen atoms in total. The van der Waals surface area contributed by atoms with Crippen LogP contribution in [0.1, 0.15) is 41.5 Å². The minimum atomic E-state index is 0.833. The molecule has 0 saturated carbocycles. The van der Waals surface area contributed by atoms with Crippen LogP contribution in [0.3, 0.4) is 0 Å². The molecule has 0 aromatic carbocycles. The van der Waals surface area contributed by atoms with E-state index in [0.717, 1.165) is 23.7 Å². The monoisotopic (exact) mass is 142 g/mol. The highest BCUT2D eigenvalue weighted by atomic mass is 14.3. The van der Waals surface area contributed by atoms with Crippen molar-refractivity contribution in [2.24, 2.45) is 23.7 Å². The number of rotatable bonds is 3. The Morgan fingerprint density at radius 3 is 0.700 bits per heavy atom. The maximum Gasteiger partial charge on any atom is -0.0345 e. The first kappa shape index (κ1) is 10.0. The third kappa shape index (κ3) is 2.72. The van der Waals surface area contributed by atoms with Crippen LogP contribution < -0.4 is 0 Å². The molecule has 0 spiro atoms. The third-order valence-electron chi connectivity index (χ3n) is 2.31. The highest BCUT2D eigenvalue weighted by Crippen LogP contribution is 2.27. The van der Waals surface area contributed by atoms with E-state index in [-0.39, 0.29) is 0 Å². The topological polar surface area (TPSA) is 0 Å². The Morgan fingerprint density at radius 2 is 0.700 bits per heavy atom. The summed E-state index contributed by atoms with van der Waals surface area (Å²) in [5, 5.41) is 0. The lowest BCUT2D eigenvalue weighted by atomic mass is 9.78. The third-order valence-corrected chi connectivity index (χ3v) is 2.31. The van der Waals surface area contributed by atoms with Crippen molar-refractivity contribution in [3.05, 3.63) is 0 Å². The van der Waals surface area contributed by atoms with Gasteiger partial charge in [-0.3, -0.25) is 0 Å². The van der Waals surface area contributed by atoms with Crippen molar-refractivity contribution >= 4 is 0 Å². The molecular weight excluding hydrogens is 120 g/mol. The van der Waals surface area contributed by atoms with E-state index >= 15 is 0 Å².